The minimum atomic E-state index is -3.25. The number of aromatic nitrogens is 1. The van der Waals surface area contributed by atoms with Crippen LogP contribution in [0.4, 0.5) is 5.13 Å². The molecule has 0 radical (unpaired) electrons. The summed E-state index contributed by atoms with van der Waals surface area (Å²) in [6.07, 6.45) is 1.88. The fourth-order valence-electron chi connectivity index (χ4n) is 4.91. The predicted molar refractivity (Wildman–Crippen MR) is 152 cm³/mol. The Hall–Kier alpha value is -2.30. The van der Waals surface area contributed by atoms with Crippen LogP contribution in [0.25, 0.3) is 0 Å². The monoisotopic (exact) mass is 552 g/mol. The Morgan fingerprint density at radius 3 is 2.32 bits per heavy atom. The van der Waals surface area contributed by atoms with Gasteiger partial charge < -0.3 is 11.1 Å². The molecule has 1 aromatic heterocycles. The first kappa shape index (κ1) is 32.7. The summed E-state index contributed by atoms with van der Waals surface area (Å²) in [5.41, 5.74) is 7.20. The van der Waals surface area contributed by atoms with E-state index < -0.39 is 9.84 Å². The molecule has 8 nitrogen and oxygen atoms in total. The van der Waals surface area contributed by atoms with Crippen LogP contribution in [0.5, 0.6) is 0 Å². The molecule has 37 heavy (non-hydrogen) atoms. The SMILES string of the molecule is C.C.C.CCS(=O)(=O)c1ccc(CC(=O)Nc2nc3c(s2)CN(CC2CC(C(N)=O)C2)[C@H]3C(C)C)cc1. The molecule has 4 rings (SSSR count). The summed E-state index contributed by atoms with van der Waals surface area (Å²) < 4.78 is 23.9. The molecule has 0 unspecified atom stereocenters. The number of amides is 2. The lowest BCUT2D eigenvalue weighted by molar-refractivity contribution is -0.126. The van der Waals surface area contributed by atoms with Gasteiger partial charge in [-0.25, -0.2) is 13.4 Å². The number of nitrogens with two attached hydrogens (primary N) is 1. The molecule has 208 valence electrons. The number of carbonyl (C=O) groups excluding carboxylic acids is 2. The third-order valence-electron chi connectivity index (χ3n) is 6.78. The molecule has 2 amide bonds. The number of thiazole rings is 1. The molecule has 3 N–H and O–H groups in total. The number of carbonyl (C=O) groups is 2. The first-order valence-electron chi connectivity index (χ1n) is 11.7. The zero-order valence-electron chi connectivity index (χ0n) is 19.8. The Kier molecular flexibility index (Phi) is 11.5. The van der Waals surface area contributed by atoms with Gasteiger partial charge in [-0.2, -0.15) is 0 Å². The van der Waals surface area contributed by atoms with Gasteiger partial charge in [-0.05, 0) is 42.4 Å². The van der Waals surface area contributed by atoms with Crippen molar-refractivity contribution in [2.75, 3.05) is 17.6 Å². The minimum absolute atomic E-state index is 0. The number of sulfone groups is 1. The van der Waals surface area contributed by atoms with Gasteiger partial charge in [0.25, 0.3) is 0 Å². The van der Waals surface area contributed by atoms with Gasteiger partial charge in [0, 0.05) is 23.9 Å². The van der Waals surface area contributed by atoms with Crippen LogP contribution in [0.2, 0.25) is 0 Å². The van der Waals surface area contributed by atoms with Crippen LogP contribution < -0.4 is 11.1 Å². The second-order valence-electron chi connectivity index (χ2n) is 9.65. The summed E-state index contributed by atoms with van der Waals surface area (Å²) in [4.78, 5) is 32.6. The first-order valence-corrected chi connectivity index (χ1v) is 14.2. The highest BCUT2D eigenvalue weighted by atomic mass is 32.2. The molecule has 1 saturated carbocycles. The van der Waals surface area contributed by atoms with Crippen LogP contribution in [0.3, 0.4) is 0 Å². The number of anilines is 1. The summed E-state index contributed by atoms with van der Waals surface area (Å²) in [6.45, 7) is 7.70. The van der Waals surface area contributed by atoms with Gasteiger partial charge in [0.15, 0.2) is 15.0 Å². The molecule has 2 aromatic rings. The number of fused-ring (bicyclic) bond motifs is 1. The van der Waals surface area contributed by atoms with E-state index in [1.807, 2.05) is 0 Å². The fourth-order valence-corrected chi connectivity index (χ4v) is 6.84. The first-order chi connectivity index (χ1) is 16.1. The zero-order valence-corrected chi connectivity index (χ0v) is 21.4. The van der Waals surface area contributed by atoms with Crippen molar-refractivity contribution < 1.29 is 18.0 Å². The Bertz CT molecular complexity index is 1170. The Balaban J connectivity index is 0.00000228. The van der Waals surface area contributed by atoms with Crippen LogP contribution in [0, 0.1) is 17.8 Å². The summed E-state index contributed by atoms with van der Waals surface area (Å²) >= 11 is 1.51. The molecule has 2 heterocycles. The van der Waals surface area contributed by atoms with Crippen LogP contribution in [0.1, 0.15) is 78.1 Å². The summed E-state index contributed by atoms with van der Waals surface area (Å²) in [5.74, 6) is 0.559. The van der Waals surface area contributed by atoms with E-state index in [0.29, 0.717) is 17.0 Å². The van der Waals surface area contributed by atoms with Crippen LogP contribution >= 0.6 is 11.3 Å². The van der Waals surface area contributed by atoms with Crippen molar-refractivity contribution in [1.29, 1.82) is 0 Å². The van der Waals surface area contributed by atoms with Crippen molar-refractivity contribution in [3.8, 4) is 0 Å². The number of benzene rings is 1. The average molecular weight is 553 g/mol. The van der Waals surface area contributed by atoms with Gasteiger partial charge in [-0.3, -0.25) is 14.5 Å². The predicted octanol–water partition coefficient (Wildman–Crippen LogP) is 5.05. The Morgan fingerprint density at radius 2 is 1.78 bits per heavy atom. The van der Waals surface area contributed by atoms with E-state index in [9.17, 15) is 18.0 Å². The highest BCUT2D eigenvalue weighted by Gasteiger charge is 2.40. The van der Waals surface area contributed by atoms with E-state index in [-0.39, 0.29) is 63.1 Å². The average Bonchev–Trinajstić information content (AvgIpc) is 3.26. The standard InChI is InChI=1S/C24H32N4O4S2.3CH4/c1-4-34(31,32)18-7-5-15(6-8-18)11-20(29)26-24-27-21-19(33-24)13-28(22(21)14(2)3)12-16-9-17(10-16)23(25)30;;;/h5-8,14,16-17,22H,4,9-13H2,1-3H3,(H2,25,30)(H,26,27,29);3*1H4/t16?,17?,22-;;;/m0.../s1. The van der Waals surface area contributed by atoms with Gasteiger partial charge in [-0.15, -0.1) is 11.3 Å². The van der Waals surface area contributed by atoms with E-state index in [4.69, 9.17) is 10.7 Å². The molecule has 0 bridgehead atoms. The number of rotatable bonds is 9. The quantitative estimate of drug-likeness (QED) is 0.449. The lowest BCUT2D eigenvalue weighted by Crippen LogP contribution is -2.41. The van der Waals surface area contributed by atoms with E-state index in [0.717, 1.165) is 37.2 Å². The molecule has 0 saturated heterocycles. The molecule has 1 aliphatic carbocycles. The number of primary amides is 1. The van der Waals surface area contributed by atoms with Gasteiger partial charge in [0.2, 0.25) is 11.8 Å². The molecule has 1 aromatic carbocycles. The highest BCUT2D eigenvalue weighted by Crippen LogP contribution is 2.44. The van der Waals surface area contributed by atoms with Crippen molar-refractivity contribution in [3.05, 3.63) is 40.4 Å². The Morgan fingerprint density at radius 1 is 1.16 bits per heavy atom. The fraction of sp³-hybridized carbons (Fsp3) is 0.593. The zero-order chi connectivity index (χ0) is 24.6. The smallest absolute Gasteiger partial charge is 0.230 e. The van der Waals surface area contributed by atoms with Crippen molar-refractivity contribution in [2.24, 2.45) is 23.5 Å². The third kappa shape index (κ3) is 7.18. The van der Waals surface area contributed by atoms with Gasteiger partial charge in [0.1, 0.15) is 0 Å². The molecule has 0 spiro atoms. The Labute approximate surface area is 227 Å². The lowest BCUT2D eigenvalue weighted by Gasteiger charge is -2.38. The van der Waals surface area contributed by atoms with Crippen LogP contribution in [-0.2, 0) is 32.4 Å². The third-order valence-corrected chi connectivity index (χ3v) is 9.51. The number of hydrogen-bond donors (Lipinski definition) is 2. The number of nitrogens with one attached hydrogen (secondary N) is 1. The molecule has 2 aliphatic rings. The van der Waals surface area contributed by atoms with E-state index in [1.54, 1.807) is 31.2 Å². The topological polar surface area (TPSA) is 122 Å². The lowest BCUT2D eigenvalue weighted by atomic mass is 9.74. The van der Waals surface area contributed by atoms with Gasteiger partial charge in [0.05, 0.1) is 28.8 Å². The largest absolute Gasteiger partial charge is 0.369 e. The summed E-state index contributed by atoms with van der Waals surface area (Å²) in [5, 5.41) is 3.51. The minimum Gasteiger partial charge on any atom is -0.369 e. The molecular weight excluding hydrogens is 508 g/mol. The van der Waals surface area contributed by atoms with Crippen molar-refractivity contribution in [3.63, 3.8) is 0 Å². The normalized spacial score (nSPS) is 20.6. The second kappa shape index (κ2) is 13.0. The summed E-state index contributed by atoms with van der Waals surface area (Å²) in [6, 6.07) is 6.65. The van der Waals surface area contributed by atoms with E-state index in [1.165, 1.54) is 16.2 Å². The van der Waals surface area contributed by atoms with Crippen molar-refractivity contribution in [1.82, 2.24) is 9.88 Å². The number of hydrogen-bond acceptors (Lipinski definition) is 7. The maximum Gasteiger partial charge on any atom is 0.230 e. The maximum atomic E-state index is 12.6. The molecule has 1 aliphatic heterocycles. The molecule has 10 heteroatoms. The number of nitrogens with zero attached hydrogens (tertiary/aromatic N) is 2. The van der Waals surface area contributed by atoms with Crippen molar-refractivity contribution in [2.45, 2.75) is 79.8 Å². The van der Waals surface area contributed by atoms with Gasteiger partial charge in [-0.1, -0.05) is 55.2 Å². The van der Waals surface area contributed by atoms with E-state index in [2.05, 4.69) is 24.1 Å². The summed E-state index contributed by atoms with van der Waals surface area (Å²) in [7, 11) is -3.25. The molecule has 1 atom stereocenters. The maximum absolute atomic E-state index is 12.6. The second-order valence-corrected chi connectivity index (χ2v) is 13.0. The van der Waals surface area contributed by atoms with E-state index >= 15 is 0 Å². The van der Waals surface area contributed by atoms with Crippen LogP contribution in [0.15, 0.2) is 29.2 Å². The molecule has 1 fully saturated rings. The molecular formula is C27H44N4O4S2. The van der Waals surface area contributed by atoms with Crippen LogP contribution in [-0.4, -0.2) is 42.4 Å². The highest BCUT2D eigenvalue weighted by molar-refractivity contribution is 7.91. The van der Waals surface area contributed by atoms with Crippen molar-refractivity contribution >= 4 is 38.1 Å². The van der Waals surface area contributed by atoms with Gasteiger partial charge >= 0.3 is 0 Å².